The second-order valence-electron chi connectivity index (χ2n) is 3.74. The largest absolute Gasteiger partial charge is 0.377 e. The van der Waals surface area contributed by atoms with Crippen LogP contribution in [0, 0.1) is 0 Å². The van der Waals surface area contributed by atoms with E-state index in [4.69, 9.17) is 4.74 Å². The van der Waals surface area contributed by atoms with Crippen molar-refractivity contribution in [2.45, 2.75) is 13.5 Å². The molecular weight excluding hydrogens is 220 g/mol. The van der Waals surface area contributed by atoms with Crippen molar-refractivity contribution >= 4 is 6.08 Å². The molecule has 0 unspecified atom stereocenters. The Morgan fingerprint density at radius 3 is 1.94 bits per heavy atom. The van der Waals surface area contributed by atoms with Crippen LogP contribution >= 0.6 is 0 Å². The van der Waals surface area contributed by atoms with Gasteiger partial charge in [0.2, 0.25) is 0 Å². The van der Waals surface area contributed by atoms with E-state index in [2.05, 4.69) is 18.7 Å². The third-order valence-corrected chi connectivity index (χ3v) is 2.35. The smallest absolute Gasteiger partial charge is 0.0716 e. The Kier molecular flexibility index (Phi) is 7.26. The molecule has 0 aliphatic rings. The summed E-state index contributed by atoms with van der Waals surface area (Å²) in [5.41, 5.74) is 2.41. The number of benzene rings is 2. The molecule has 0 aliphatic heterocycles. The highest BCUT2D eigenvalue weighted by Crippen LogP contribution is 1.99. The van der Waals surface area contributed by atoms with Crippen LogP contribution in [-0.2, 0) is 11.3 Å². The highest BCUT2D eigenvalue weighted by atomic mass is 16.5. The standard InChI is InChI=1S/C9H12O.C8H8/c1-2-10-8-9-6-4-3-5-7-9;1-2-8-6-4-3-5-7-8/h3-7H,2,8H2,1H3;2-7H,1H2. The zero-order chi connectivity index (χ0) is 13.1. The van der Waals surface area contributed by atoms with Gasteiger partial charge in [-0.25, -0.2) is 0 Å². The summed E-state index contributed by atoms with van der Waals surface area (Å²) in [4.78, 5) is 0. The first-order chi connectivity index (χ1) is 8.86. The summed E-state index contributed by atoms with van der Waals surface area (Å²) in [6, 6.07) is 20.2. The molecule has 0 aromatic heterocycles. The Hall–Kier alpha value is -1.86. The van der Waals surface area contributed by atoms with Crippen LogP contribution in [0.3, 0.4) is 0 Å². The first-order valence-corrected chi connectivity index (χ1v) is 6.16. The van der Waals surface area contributed by atoms with E-state index in [0.717, 1.165) is 13.2 Å². The molecule has 2 aromatic carbocycles. The molecule has 0 atom stereocenters. The van der Waals surface area contributed by atoms with E-state index in [1.807, 2.05) is 61.5 Å². The highest BCUT2D eigenvalue weighted by molar-refractivity contribution is 5.45. The zero-order valence-electron chi connectivity index (χ0n) is 10.9. The summed E-state index contributed by atoms with van der Waals surface area (Å²) >= 11 is 0. The van der Waals surface area contributed by atoms with Gasteiger partial charge >= 0.3 is 0 Å². The van der Waals surface area contributed by atoms with Crippen LogP contribution in [0.2, 0.25) is 0 Å². The molecule has 18 heavy (non-hydrogen) atoms. The molecule has 94 valence electrons. The van der Waals surface area contributed by atoms with E-state index in [1.54, 1.807) is 0 Å². The molecule has 0 spiro atoms. The Morgan fingerprint density at radius 2 is 1.50 bits per heavy atom. The van der Waals surface area contributed by atoms with Gasteiger partial charge in [0.1, 0.15) is 0 Å². The Balaban J connectivity index is 0.000000184. The molecule has 2 rings (SSSR count). The van der Waals surface area contributed by atoms with E-state index in [0.29, 0.717) is 0 Å². The van der Waals surface area contributed by atoms with Crippen molar-refractivity contribution in [1.29, 1.82) is 0 Å². The summed E-state index contributed by atoms with van der Waals surface area (Å²) in [6.07, 6.45) is 1.83. The Labute approximate surface area is 110 Å². The van der Waals surface area contributed by atoms with Gasteiger partial charge in [-0.05, 0) is 18.1 Å². The maximum atomic E-state index is 5.22. The van der Waals surface area contributed by atoms with Gasteiger partial charge in [-0.3, -0.25) is 0 Å². The third kappa shape index (κ3) is 6.02. The predicted molar refractivity (Wildman–Crippen MR) is 78.3 cm³/mol. The monoisotopic (exact) mass is 240 g/mol. The fourth-order valence-electron chi connectivity index (χ4n) is 1.38. The van der Waals surface area contributed by atoms with Crippen LogP contribution in [0.4, 0.5) is 0 Å². The minimum absolute atomic E-state index is 0.733. The second-order valence-corrected chi connectivity index (χ2v) is 3.74. The van der Waals surface area contributed by atoms with E-state index >= 15 is 0 Å². The number of hydrogen-bond donors (Lipinski definition) is 0. The SMILES string of the molecule is C=Cc1ccccc1.CCOCc1ccccc1. The molecule has 0 aliphatic carbocycles. The van der Waals surface area contributed by atoms with E-state index < -0.39 is 0 Å². The normalized spacial score (nSPS) is 9.17. The van der Waals surface area contributed by atoms with E-state index in [9.17, 15) is 0 Å². The summed E-state index contributed by atoms with van der Waals surface area (Å²) in [5.74, 6) is 0. The van der Waals surface area contributed by atoms with Crippen LogP contribution in [-0.4, -0.2) is 6.61 Å². The van der Waals surface area contributed by atoms with Gasteiger partial charge in [-0.15, -0.1) is 0 Å². The van der Waals surface area contributed by atoms with Gasteiger partial charge < -0.3 is 4.74 Å². The molecule has 1 heteroatoms. The minimum atomic E-state index is 0.733. The summed E-state index contributed by atoms with van der Waals surface area (Å²) in [6.45, 7) is 7.15. The van der Waals surface area contributed by atoms with E-state index in [-0.39, 0.29) is 0 Å². The molecule has 0 amide bonds. The second kappa shape index (κ2) is 9.20. The van der Waals surface area contributed by atoms with Crippen molar-refractivity contribution in [2.24, 2.45) is 0 Å². The van der Waals surface area contributed by atoms with Crippen molar-refractivity contribution in [3.63, 3.8) is 0 Å². The third-order valence-electron chi connectivity index (χ3n) is 2.35. The van der Waals surface area contributed by atoms with Gasteiger partial charge in [0.05, 0.1) is 6.61 Å². The summed E-state index contributed by atoms with van der Waals surface area (Å²) < 4.78 is 5.22. The molecule has 1 nitrogen and oxygen atoms in total. The van der Waals surface area contributed by atoms with Crippen molar-refractivity contribution in [3.05, 3.63) is 78.4 Å². The summed E-state index contributed by atoms with van der Waals surface area (Å²) in [5, 5.41) is 0. The predicted octanol–water partition coefficient (Wildman–Crippen LogP) is 4.55. The molecular formula is C17H20O. The molecule has 0 radical (unpaired) electrons. The van der Waals surface area contributed by atoms with Crippen LogP contribution < -0.4 is 0 Å². The molecule has 0 saturated heterocycles. The zero-order valence-corrected chi connectivity index (χ0v) is 10.9. The lowest BCUT2D eigenvalue weighted by Gasteiger charge is -1.98. The van der Waals surface area contributed by atoms with Crippen molar-refractivity contribution < 1.29 is 4.74 Å². The average Bonchev–Trinajstić information content (AvgIpc) is 2.48. The average molecular weight is 240 g/mol. The minimum Gasteiger partial charge on any atom is -0.377 e. The fourth-order valence-corrected chi connectivity index (χ4v) is 1.38. The molecule has 0 fully saturated rings. The van der Waals surface area contributed by atoms with Crippen LogP contribution in [0.15, 0.2) is 67.2 Å². The van der Waals surface area contributed by atoms with Gasteiger partial charge in [0.25, 0.3) is 0 Å². The van der Waals surface area contributed by atoms with E-state index in [1.165, 1.54) is 11.1 Å². The van der Waals surface area contributed by atoms with Crippen LogP contribution in [0.25, 0.3) is 6.08 Å². The molecule has 0 bridgehead atoms. The lowest BCUT2D eigenvalue weighted by atomic mass is 10.2. The molecule has 2 aromatic rings. The fraction of sp³-hybridized carbons (Fsp3) is 0.176. The van der Waals surface area contributed by atoms with Crippen molar-refractivity contribution in [2.75, 3.05) is 6.61 Å². The maximum Gasteiger partial charge on any atom is 0.0716 e. The number of hydrogen-bond acceptors (Lipinski definition) is 1. The van der Waals surface area contributed by atoms with Gasteiger partial charge in [0, 0.05) is 6.61 Å². The quantitative estimate of drug-likeness (QED) is 0.761. The Morgan fingerprint density at radius 1 is 0.944 bits per heavy atom. The molecule has 0 saturated carbocycles. The van der Waals surface area contributed by atoms with Crippen LogP contribution in [0.1, 0.15) is 18.1 Å². The van der Waals surface area contributed by atoms with Crippen molar-refractivity contribution in [3.8, 4) is 0 Å². The van der Waals surface area contributed by atoms with Gasteiger partial charge in [-0.2, -0.15) is 0 Å². The Bertz CT molecular complexity index is 420. The summed E-state index contributed by atoms with van der Waals surface area (Å²) in [7, 11) is 0. The topological polar surface area (TPSA) is 9.23 Å². The van der Waals surface area contributed by atoms with Crippen LogP contribution in [0.5, 0.6) is 0 Å². The first kappa shape index (κ1) is 14.2. The number of ether oxygens (including phenoxy) is 1. The molecule has 0 N–H and O–H groups in total. The lowest BCUT2D eigenvalue weighted by molar-refractivity contribution is 0.134. The number of rotatable bonds is 4. The first-order valence-electron chi connectivity index (χ1n) is 6.16. The van der Waals surface area contributed by atoms with Crippen molar-refractivity contribution in [1.82, 2.24) is 0 Å². The van der Waals surface area contributed by atoms with Gasteiger partial charge in [0.15, 0.2) is 0 Å². The van der Waals surface area contributed by atoms with Gasteiger partial charge in [-0.1, -0.05) is 73.3 Å². The highest BCUT2D eigenvalue weighted by Gasteiger charge is 1.86. The maximum absolute atomic E-state index is 5.22. The molecule has 0 heterocycles. The lowest BCUT2D eigenvalue weighted by Crippen LogP contribution is -1.90.